The number of piperidine rings is 1. The summed E-state index contributed by atoms with van der Waals surface area (Å²) in [5, 5.41) is 22.9. The van der Waals surface area contributed by atoms with Gasteiger partial charge >= 0.3 is 0 Å². The number of phenols is 1. The summed E-state index contributed by atoms with van der Waals surface area (Å²) in [6, 6.07) is 3.32. The van der Waals surface area contributed by atoms with Crippen molar-refractivity contribution in [1.29, 1.82) is 0 Å². The molecule has 1 saturated heterocycles. The zero-order valence-corrected chi connectivity index (χ0v) is 16.2. The van der Waals surface area contributed by atoms with E-state index in [-0.39, 0.29) is 29.6 Å². The predicted molar refractivity (Wildman–Crippen MR) is 102 cm³/mol. The molecule has 3 unspecified atom stereocenters. The fourth-order valence-electron chi connectivity index (χ4n) is 5.61. The minimum absolute atomic E-state index is 0.0685. The van der Waals surface area contributed by atoms with Gasteiger partial charge in [0, 0.05) is 36.4 Å². The normalized spacial score (nSPS) is 34.3. The summed E-state index contributed by atoms with van der Waals surface area (Å²) >= 11 is 0. The van der Waals surface area contributed by atoms with E-state index in [4.69, 9.17) is 0 Å². The van der Waals surface area contributed by atoms with Gasteiger partial charge in [0.1, 0.15) is 11.5 Å². The zero-order valence-electron chi connectivity index (χ0n) is 16.2. The second-order valence-electron chi connectivity index (χ2n) is 8.90. The number of aromatic hydroxyl groups is 1. The van der Waals surface area contributed by atoms with Gasteiger partial charge in [-0.1, -0.05) is 6.07 Å². The van der Waals surface area contributed by atoms with Crippen LogP contribution >= 0.6 is 0 Å². The molecule has 0 amide bonds. The predicted octanol–water partition coefficient (Wildman–Crippen LogP) is 2.74. The van der Waals surface area contributed by atoms with Gasteiger partial charge < -0.3 is 10.2 Å². The minimum Gasteiger partial charge on any atom is -0.507 e. The van der Waals surface area contributed by atoms with E-state index in [2.05, 4.69) is 11.8 Å². The molecule has 2 aliphatic carbocycles. The Hall–Kier alpha value is -1.72. The molecule has 0 spiro atoms. The number of ketones is 1. The average Bonchev–Trinajstić information content (AvgIpc) is 3.44. The van der Waals surface area contributed by atoms with E-state index < -0.39 is 11.0 Å². The molecule has 1 aromatic rings. The molecule has 2 N–H and O–H groups in total. The van der Waals surface area contributed by atoms with E-state index in [1.165, 1.54) is 12.8 Å². The Labute approximate surface area is 160 Å². The first-order valence-electron chi connectivity index (χ1n) is 10.1. The largest absolute Gasteiger partial charge is 0.507 e. The average molecular weight is 371 g/mol. The van der Waals surface area contributed by atoms with Crippen molar-refractivity contribution < 1.29 is 19.8 Å². The quantitative estimate of drug-likeness (QED) is 0.796. The molecule has 5 nitrogen and oxygen atoms in total. The van der Waals surface area contributed by atoms with Crippen LogP contribution in [0.4, 0.5) is 0 Å². The fourth-order valence-corrected chi connectivity index (χ4v) is 5.61. The van der Waals surface area contributed by atoms with Crippen LogP contribution in [-0.2, 0) is 10.2 Å². The molecular formula is C22H29NO4. The summed E-state index contributed by atoms with van der Waals surface area (Å²) in [5.74, 6) is 0.779. The number of likely N-dealkylation sites (tertiary alicyclic amines) is 1. The Morgan fingerprint density at radius 2 is 2.04 bits per heavy atom. The van der Waals surface area contributed by atoms with E-state index in [9.17, 15) is 19.8 Å². The van der Waals surface area contributed by atoms with Gasteiger partial charge in [0.05, 0.1) is 11.2 Å². The number of benzene rings is 1. The van der Waals surface area contributed by atoms with Crippen LogP contribution in [0.25, 0.3) is 0 Å². The lowest BCUT2D eigenvalue weighted by Crippen LogP contribution is -2.70. The van der Waals surface area contributed by atoms with Crippen molar-refractivity contribution in [1.82, 2.24) is 4.90 Å². The molecule has 3 aliphatic rings. The van der Waals surface area contributed by atoms with Crippen LogP contribution in [0.15, 0.2) is 12.1 Å². The Morgan fingerprint density at radius 1 is 1.30 bits per heavy atom. The lowest BCUT2D eigenvalue weighted by atomic mass is 9.53. The minimum atomic E-state index is -1.10. The fraction of sp³-hybridized carbons (Fsp3) is 0.636. The van der Waals surface area contributed by atoms with Crippen LogP contribution in [0.5, 0.6) is 5.75 Å². The van der Waals surface area contributed by atoms with E-state index in [0.29, 0.717) is 31.1 Å². The maximum atomic E-state index is 12.5. The van der Waals surface area contributed by atoms with Crippen LogP contribution in [0, 0.1) is 12.8 Å². The first-order chi connectivity index (χ1) is 12.8. The molecule has 0 bridgehead atoms. The molecule has 27 heavy (non-hydrogen) atoms. The summed E-state index contributed by atoms with van der Waals surface area (Å²) in [6.07, 6.45) is 4.76. The van der Waals surface area contributed by atoms with Crippen molar-refractivity contribution in [2.75, 3.05) is 13.1 Å². The molecule has 146 valence electrons. The highest BCUT2D eigenvalue weighted by Crippen LogP contribution is 2.56. The summed E-state index contributed by atoms with van der Waals surface area (Å²) in [7, 11) is 0. The third-order valence-electron chi connectivity index (χ3n) is 7.39. The maximum Gasteiger partial charge on any atom is 0.153 e. The summed E-state index contributed by atoms with van der Waals surface area (Å²) in [4.78, 5) is 26.3. The van der Waals surface area contributed by atoms with Crippen LogP contribution in [-0.4, -0.2) is 51.9 Å². The Bertz CT molecular complexity index is 787. The SMILES string of the molecule is Cc1ccc(C=O)c(O)c1C12CCN(CC3CC3)C(C)C1(O)CCC(=O)C2. The van der Waals surface area contributed by atoms with Gasteiger partial charge in [0.25, 0.3) is 0 Å². The molecule has 2 saturated carbocycles. The van der Waals surface area contributed by atoms with Gasteiger partial charge in [-0.05, 0) is 63.6 Å². The van der Waals surface area contributed by atoms with Crippen molar-refractivity contribution in [3.05, 3.63) is 28.8 Å². The lowest BCUT2D eigenvalue weighted by Gasteiger charge is -2.60. The number of aliphatic hydroxyl groups is 1. The monoisotopic (exact) mass is 371 g/mol. The number of nitrogens with zero attached hydrogens (tertiary/aromatic N) is 1. The van der Waals surface area contributed by atoms with Crippen molar-refractivity contribution in [3.8, 4) is 5.75 Å². The highest BCUT2D eigenvalue weighted by molar-refractivity contribution is 5.84. The molecule has 4 rings (SSSR count). The second-order valence-corrected chi connectivity index (χ2v) is 8.90. The number of aldehydes is 1. The third-order valence-corrected chi connectivity index (χ3v) is 7.39. The number of Topliss-reactive ketones (excluding diaryl/α,β-unsaturated/α-hetero) is 1. The van der Waals surface area contributed by atoms with Crippen LogP contribution in [0.2, 0.25) is 0 Å². The Balaban J connectivity index is 1.85. The molecular weight excluding hydrogens is 342 g/mol. The molecule has 3 fully saturated rings. The number of fused-ring (bicyclic) bond motifs is 1. The van der Waals surface area contributed by atoms with Crippen molar-refractivity contribution >= 4 is 12.1 Å². The van der Waals surface area contributed by atoms with E-state index in [1.807, 2.05) is 13.0 Å². The molecule has 0 aromatic heterocycles. The van der Waals surface area contributed by atoms with Gasteiger partial charge in [0.15, 0.2) is 6.29 Å². The first kappa shape index (κ1) is 18.6. The molecule has 3 atom stereocenters. The Kier molecular flexibility index (Phi) is 4.43. The highest BCUT2D eigenvalue weighted by Gasteiger charge is 2.62. The Morgan fingerprint density at radius 3 is 2.70 bits per heavy atom. The molecule has 1 heterocycles. The first-order valence-corrected chi connectivity index (χ1v) is 10.1. The number of carbonyl (C=O) groups is 2. The molecule has 5 heteroatoms. The topological polar surface area (TPSA) is 77.8 Å². The maximum absolute atomic E-state index is 12.5. The van der Waals surface area contributed by atoms with Gasteiger partial charge in [-0.15, -0.1) is 0 Å². The standard InChI is InChI=1S/C22H29NO4/c1-14-3-6-17(13-24)20(26)19(14)21-9-10-23(12-16-4-5-16)15(2)22(21,27)8-7-18(25)11-21/h3,6,13,15-16,26-27H,4-5,7-12H2,1-2H3. The molecule has 1 aliphatic heterocycles. The highest BCUT2D eigenvalue weighted by atomic mass is 16.3. The van der Waals surface area contributed by atoms with Crippen LogP contribution in [0.3, 0.4) is 0 Å². The van der Waals surface area contributed by atoms with Gasteiger partial charge in [-0.3, -0.25) is 14.5 Å². The number of phenolic OH excluding ortho intramolecular Hbond substituents is 1. The number of aryl methyl sites for hydroxylation is 1. The molecule has 0 radical (unpaired) electrons. The summed E-state index contributed by atoms with van der Waals surface area (Å²) in [5.41, 5.74) is -0.291. The molecule has 1 aromatic carbocycles. The number of hydrogen-bond acceptors (Lipinski definition) is 5. The third kappa shape index (κ3) is 2.74. The van der Waals surface area contributed by atoms with Gasteiger partial charge in [0.2, 0.25) is 0 Å². The van der Waals surface area contributed by atoms with Crippen molar-refractivity contribution in [3.63, 3.8) is 0 Å². The van der Waals surface area contributed by atoms with Crippen molar-refractivity contribution in [2.45, 2.75) is 69.4 Å². The zero-order chi connectivity index (χ0) is 19.4. The summed E-state index contributed by atoms with van der Waals surface area (Å²) < 4.78 is 0. The van der Waals surface area contributed by atoms with E-state index in [0.717, 1.165) is 24.6 Å². The number of carbonyl (C=O) groups excluding carboxylic acids is 2. The number of rotatable bonds is 4. The van der Waals surface area contributed by atoms with Gasteiger partial charge in [-0.25, -0.2) is 0 Å². The van der Waals surface area contributed by atoms with E-state index in [1.54, 1.807) is 6.07 Å². The summed E-state index contributed by atoms with van der Waals surface area (Å²) in [6.45, 7) is 5.73. The lowest BCUT2D eigenvalue weighted by molar-refractivity contribution is -0.165. The van der Waals surface area contributed by atoms with Gasteiger partial charge in [-0.2, -0.15) is 0 Å². The van der Waals surface area contributed by atoms with Crippen molar-refractivity contribution in [2.24, 2.45) is 5.92 Å². The number of hydrogen-bond donors (Lipinski definition) is 2. The van der Waals surface area contributed by atoms with Crippen LogP contribution in [0.1, 0.15) is 66.9 Å². The smallest absolute Gasteiger partial charge is 0.153 e. The van der Waals surface area contributed by atoms with Crippen LogP contribution < -0.4 is 0 Å². The second kappa shape index (κ2) is 6.42. The van der Waals surface area contributed by atoms with E-state index >= 15 is 0 Å².